The van der Waals surface area contributed by atoms with Crippen LogP contribution in [-0.4, -0.2) is 51.5 Å². The third-order valence-corrected chi connectivity index (χ3v) is 7.15. The number of anilines is 1. The summed E-state index contributed by atoms with van der Waals surface area (Å²) in [6.45, 7) is 2.86. The zero-order chi connectivity index (χ0) is 20.0. The van der Waals surface area contributed by atoms with E-state index in [1.54, 1.807) is 12.1 Å². The molecule has 2 aliphatic rings. The van der Waals surface area contributed by atoms with Gasteiger partial charge in [0.1, 0.15) is 0 Å². The summed E-state index contributed by atoms with van der Waals surface area (Å²) in [5, 5.41) is 8.62. The van der Waals surface area contributed by atoms with Crippen LogP contribution in [0, 0.1) is 11.3 Å². The molecule has 2 fully saturated rings. The molecule has 3 rings (SSSR count). The molecule has 1 aromatic rings. The Balaban J connectivity index is 1.88. The van der Waals surface area contributed by atoms with Crippen molar-refractivity contribution in [3.63, 3.8) is 0 Å². The fourth-order valence-electron chi connectivity index (χ4n) is 3.72. The molecule has 2 saturated heterocycles. The third kappa shape index (κ3) is 4.65. The van der Waals surface area contributed by atoms with Crippen LogP contribution < -0.4 is 4.90 Å². The maximum atomic E-state index is 13.0. The Bertz CT molecular complexity index is 835. The fraction of sp³-hybridized carbons (Fsp3) is 0.600. The average Bonchev–Trinajstić information content (AvgIpc) is 3.26. The Labute approximate surface area is 166 Å². The Hall–Kier alpha value is -2.11. The van der Waals surface area contributed by atoms with Gasteiger partial charge in [0.25, 0.3) is 0 Å². The summed E-state index contributed by atoms with van der Waals surface area (Å²) in [5.74, 6) is -0.532. The molecule has 2 heterocycles. The molecule has 0 radical (unpaired) electrons. The first kappa shape index (κ1) is 20.6. The van der Waals surface area contributed by atoms with E-state index in [4.69, 9.17) is 10.00 Å². The molecule has 7 nitrogen and oxygen atoms in total. The van der Waals surface area contributed by atoms with Crippen LogP contribution >= 0.6 is 0 Å². The van der Waals surface area contributed by atoms with Crippen molar-refractivity contribution in [3.05, 3.63) is 23.8 Å². The van der Waals surface area contributed by atoms with Gasteiger partial charge in [-0.3, -0.25) is 0 Å². The maximum Gasteiger partial charge on any atom is 0.340 e. The first-order valence-electron chi connectivity index (χ1n) is 9.97. The van der Waals surface area contributed by atoms with E-state index in [0.29, 0.717) is 25.9 Å². The van der Waals surface area contributed by atoms with Crippen molar-refractivity contribution in [2.24, 2.45) is 0 Å². The molecule has 0 N–H and O–H groups in total. The van der Waals surface area contributed by atoms with E-state index in [0.717, 1.165) is 50.9 Å². The van der Waals surface area contributed by atoms with Crippen molar-refractivity contribution in [2.45, 2.75) is 49.8 Å². The van der Waals surface area contributed by atoms with Crippen molar-refractivity contribution < 1.29 is 17.9 Å². The average molecular weight is 406 g/mol. The minimum atomic E-state index is -3.62. The number of benzene rings is 1. The number of rotatable bonds is 7. The molecular weight excluding hydrogens is 378 g/mol. The van der Waals surface area contributed by atoms with Crippen LogP contribution in [-0.2, 0) is 14.8 Å². The van der Waals surface area contributed by atoms with Crippen LogP contribution in [0.5, 0.6) is 0 Å². The quantitative estimate of drug-likeness (QED) is 0.512. The molecule has 0 atom stereocenters. The lowest BCUT2D eigenvalue weighted by Crippen LogP contribution is -2.35. The van der Waals surface area contributed by atoms with Crippen LogP contribution in [0.3, 0.4) is 0 Å². The molecule has 0 unspecified atom stereocenters. The lowest BCUT2D eigenvalue weighted by molar-refractivity contribution is 0.0502. The summed E-state index contributed by atoms with van der Waals surface area (Å²) < 4.78 is 32.9. The number of nitriles is 1. The number of carbonyl (C=O) groups is 1. The Morgan fingerprint density at radius 1 is 1.07 bits per heavy atom. The number of ether oxygens (including phenoxy) is 1. The lowest BCUT2D eigenvalue weighted by Gasteiger charge is -2.27. The lowest BCUT2D eigenvalue weighted by atomic mass is 10.1. The van der Waals surface area contributed by atoms with E-state index in [-0.39, 0.29) is 17.1 Å². The molecule has 0 amide bonds. The van der Waals surface area contributed by atoms with Gasteiger partial charge in [-0.05, 0) is 50.3 Å². The summed E-state index contributed by atoms with van der Waals surface area (Å²) in [6, 6.07) is 6.81. The highest BCUT2D eigenvalue weighted by Crippen LogP contribution is 2.30. The van der Waals surface area contributed by atoms with E-state index < -0.39 is 16.0 Å². The van der Waals surface area contributed by atoms with Gasteiger partial charge in [-0.1, -0.05) is 6.42 Å². The van der Waals surface area contributed by atoms with Crippen molar-refractivity contribution in [1.29, 1.82) is 5.26 Å². The molecule has 0 bridgehead atoms. The Morgan fingerprint density at radius 3 is 2.43 bits per heavy atom. The van der Waals surface area contributed by atoms with E-state index in [1.807, 2.05) is 6.07 Å². The summed E-state index contributed by atoms with van der Waals surface area (Å²) >= 11 is 0. The summed E-state index contributed by atoms with van der Waals surface area (Å²) in [5.41, 5.74) is 1.01. The molecular formula is C20H27N3O4S. The van der Waals surface area contributed by atoms with Crippen molar-refractivity contribution in [1.82, 2.24) is 4.31 Å². The molecule has 2 aliphatic heterocycles. The van der Waals surface area contributed by atoms with Crippen molar-refractivity contribution in [2.75, 3.05) is 37.7 Å². The number of nitrogens with zero attached hydrogens (tertiary/aromatic N) is 3. The number of unbranched alkanes of at least 4 members (excludes halogenated alkanes) is 1. The zero-order valence-electron chi connectivity index (χ0n) is 16.1. The van der Waals surface area contributed by atoms with Gasteiger partial charge in [-0.2, -0.15) is 9.57 Å². The fourth-order valence-corrected chi connectivity index (χ4v) is 5.26. The molecule has 152 valence electrons. The maximum absolute atomic E-state index is 13.0. The largest absolute Gasteiger partial charge is 0.462 e. The smallest absolute Gasteiger partial charge is 0.340 e. The molecule has 28 heavy (non-hydrogen) atoms. The molecule has 8 heteroatoms. The first-order valence-corrected chi connectivity index (χ1v) is 11.4. The highest BCUT2D eigenvalue weighted by atomic mass is 32.2. The topological polar surface area (TPSA) is 90.7 Å². The number of esters is 1. The van der Waals surface area contributed by atoms with E-state index >= 15 is 0 Å². The molecule has 0 aliphatic carbocycles. The van der Waals surface area contributed by atoms with Gasteiger partial charge in [0.05, 0.1) is 28.8 Å². The first-order chi connectivity index (χ1) is 13.5. The Kier molecular flexibility index (Phi) is 6.92. The second kappa shape index (κ2) is 9.39. The van der Waals surface area contributed by atoms with Gasteiger partial charge in [0, 0.05) is 32.6 Å². The van der Waals surface area contributed by atoms with Crippen molar-refractivity contribution in [3.8, 4) is 6.07 Å². The second-order valence-corrected chi connectivity index (χ2v) is 9.17. The Morgan fingerprint density at radius 2 is 1.75 bits per heavy atom. The van der Waals surface area contributed by atoms with Crippen LogP contribution in [0.2, 0.25) is 0 Å². The van der Waals surface area contributed by atoms with E-state index in [2.05, 4.69) is 4.90 Å². The zero-order valence-corrected chi connectivity index (χ0v) is 16.9. The van der Waals surface area contributed by atoms with Gasteiger partial charge < -0.3 is 9.64 Å². The highest BCUT2D eigenvalue weighted by molar-refractivity contribution is 7.89. The number of piperidine rings is 1. The third-order valence-electron chi connectivity index (χ3n) is 5.25. The van der Waals surface area contributed by atoms with Gasteiger partial charge in [-0.15, -0.1) is 0 Å². The SMILES string of the molecule is N#CCCCOC(=O)c1cc(S(=O)(=O)N2CCCCC2)ccc1N1CCCC1. The van der Waals surface area contributed by atoms with Crippen LogP contribution in [0.4, 0.5) is 5.69 Å². The molecule has 0 aromatic heterocycles. The number of hydrogen-bond donors (Lipinski definition) is 0. The highest BCUT2D eigenvalue weighted by Gasteiger charge is 2.29. The standard InChI is InChI=1S/C20H27N3O4S/c21-10-2-7-15-27-20(24)18-16-17(8-9-19(18)22-11-5-6-12-22)28(25,26)23-13-3-1-4-14-23/h8-9,16H,1-7,11-15H2. The van der Waals surface area contributed by atoms with Crippen LogP contribution in [0.1, 0.15) is 55.3 Å². The van der Waals surface area contributed by atoms with Gasteiger partial charge >= 0.3 is 5.97 Å². The molecule has 0 spiro atoms. The molecule has 0 saturated carbocycles. The minimum Gasteiger partial charge on any atom is -0.462 e. The molecule has 1 aromatic carbocycles. The van der Waals surface area contributed by atoms with E-state index in [1.165, 1.54) is 10.4 Å². The number of hydrogen-bond acceptors (Lipinski definition) is 6. The van der Waals surface area contributed by atoms with Crippen LogP contribution in [0.25, 0.3) is 0 Å². The van der Waals surface area contributed by atoms with Gasteiger partial charge in [-0.25, -0.2) is 13.2 Å². The van der Waals surface area contributed by atoms with Gasteiger partial charge in [0.2, 0.25) is 10.0 Å². The normalized spacial score (nSPS) is 18.0. The minimum absolute atomic E-state index is 0.140. The van der Waals surface area contributed by atoms with Crippen molar-refractivity contribution >= 4 is 21.7 Å². The predicted octanol–water partition coefficient (Wildman–Crippen LogP) is 2.92. The van der Waals surface area contributed by atoms with Crippen LogP contribution in [0.15, 0.2) is 23.1 Å². The second-order valence-electron chi connectivity index (χ2n) is 7.24. The predicted molar refractivity (Wildman–Crippen MR) is 106 cm³/mol. The number of carbonyl (C=O) groups excluding carboxylic acids is 1. The van der Waals surface area contributed by atoms with Gasteiger partial charge in [0.15, 0.2) is 0 Å². The summed E-state index contributed by atoms with van der Waals surface area (Å²) in [7, 11) is -3.62. The van der Waals surface area contributed by atoms with E-state index in [9.17, 15) is 13.2 Å². The number of sulfonamides is 1. The summed E-state index contributed by atoms with van der Waals surface area (Å²) in [4.78, 5) is 14.9. The summed E-state index contributed by atoms with van der Waals surface area (Å²) in [6.07, 6.45) is 5.63. The monoisotopic (exact) mass is 405 g/mol.